The minimum absolute atomic E-state index is 0.107. The second kappa shape index (κ2) is 8.24. The maximum absolute atomic E-state index is 13.6. The highest BCUT2D eigenvalue weighted by atomic mass is 35.5. The maximum Gasteiger partial charge on any atom is 0.300 e. The molecule has 1 N–H and O–H groups in total. The minimum Gasteiger partial charge on any atom is -0.507 e. The number of ether oxygens (including phenoxy) is 1. The normalized spacial score (nSPS) is 17.8. The Balaban J connectivity index is 1.94. The molecule has 1 unspecified atom stereocenters. The monoisotopic (exact) mass is 437 g/mol. The Morgan fingerprint density at radius 1 is 1.03 bits per heavy atom. The van der Waals surface area contributed by atoms with E-state index < -0.39 is 23.5 Å². The SMILES string of the molecule is COc1cc(/C(O)=C2/C(=O)C(=O)N(c3ccccc3)C2c2ccc(F)cc2)ccc1Cl. The smallest absolute Gasteiger partial charge is 0.300 e. The first-order valence-corrected chi connectivity index (χ1v) is 9.75. The summed E-state index contributed by atoms with van der Waals surface area (Å²) in [6.07, 6.45) is 0. The lowest BCUT2D eigenvalue weighted by atomic mass is 9.95. The molecule has 3 aromatic rings. The van der Waals surface area contributed by atoms with Crippen molar-refractivity contribution in [2.45, 2.75) is 6.04 Å². The van der Waals surface area contributed by atoms with E-state index >= 15 is 0 Å². The van der Waals surface area contributed by atoms with Gasteiger partial charge in [0.2, 0.25) is 0 Å². The molecule has 0 saturated carbocycles. The van der Waals surface area contributed by atoms with Crippen LogP contribution >= 0.6 is 11.6 Å². The number of ketones is 1. The minimum atomic E-state index is -0.940. The Bertz CT molecular complexity index is 1190. The fraction of sp³-hybridized carbons (Fsp3) is 0.0833. The predicted molar refractivity (Wildman–Crippen MR) is 116 cm³/mol. The quantitative estimate of drug-likeness (QED) is 0.350. The predicted octanol–water partition coefficient (Wildman–Crippen LogP) is 5.11. The number of hydrogen-bond donors (Lipinski definition) is 1. The average molecular weight is 438 g/mol. The van der Waals surface area contributed by atoms with Crippen molar-refractivity contribution in [3.63, 3.8) is 0 Å². The van der Waals surface area contributed by atoms with Gasteiger partial charge in [0.25, 0.3) is 11.7 Å². The zero-order valence-corrected chi connectivity index (χ0v) is 17.1. The van der Waals surface area contributed by atoms with Crippen LogP contribution in [-0.4, -0.2) is 23.9 Å². The van der Waals surface area contributed by atoms with E-state index in [4.69, 9.17) is 16.3 Å². The highest BCUT2D eigenvalue weighted by Gasteiger charge is 2.46. The lowest BCUT2D eigenvalue weighted by Crippen LogP contribution is -2.29. The molecule has 0 aliphatic carbocycles. The van der Waals surface area contributed by atoms with E-state index in [0.717, 1.165) is 0 Å². The van der Waals surface area contributed by atoms with Gasteiger partial charge in [-0.15, -0.1) is 0 Å². The first kappa shape index (κ1) is 20.6. The highest BCUT2D eigenvalue weighted by molar-refractivity contribution is 6.51. The largest absolute Gasteiger partial charge is 0.507 e. The number of Topliss-reactive ketones (excluding diaryl/α,β-unsaturated/α-hetero) is 1. The first-order valence-electron chi connectivity index (χ1n) is 9.38. The molecule has 1 aliphatic heterocycles. The Morgan fingerprint density at radius 3 is 2.35 bits per heavy atom. The van der Waals surface area contributed by atoms with Gasteiger partial charge in [0, 0.05) is 11.3 Å². The number of anilines is 1. The van der Waals surface area contributed by atoms with E-state index in [-0.39, 0.29) is 16.9 Å². The summed E-state index contributed by atoms with van der Waals surface area (Å²) in [7, 11) is 1.43. The van der Waals surface area contributed by atoms with Gasteiger partial charge in [-0.25, -0.2) is 4.39 Å². The van der Waals surface area contributed by atoms with Crippen molar-refractivity contribution in [3.05, 3.63) is 100 Å². The average Bonchev–Trinajstić information content (AvgIpc) is 3.05. The van der Waals surface area contributed by atoms with E-state index in [2.05, 4.69) is 0 Å². The molecule has 1 heterocycles. The number of aliphatic hydroxyl groups is 1. The molecule has 156 valence electrons. The number of rotatable bonds is 4. The maximum atomic E-state index is 13.6. The number of halogens is 2. The third-order valence-corrected chi connectivity index (χ3v) is 5.40. The summed E-state index contributed by atoms with van der Waals surface area (Å²) < 4.78 is 18.7. The van der Waals surface area contributed by atoms with Crippen LogP contribution in [0.4, 0.5) is 10.1 Å². The van der Waals surface area contributed by atoms with Crippen LogP contribution in [0.5, 0.6) is 5.75 Å². The highest BCUT2D eigenvalue weighted by Crippen LogP contribution is 2.42. The van der Waals surface area contributed by atoms with Crippen LogP contribution in [0.15, 0.2) is 78.4 Å². The van der Waals surface area contributed by atoms with Crippen LogP contribution in [-0.2, 0) is 9.59 Å². The molecule has 7 heteroatoms. The molecular formula is C24H17ClFNO4. The number of amides is 1. The molecule has 0 spiro atoms. The number of carbonyl (C=O) groups excluding carboxylic acids is 2. The molecule has 5 nitrogen and oxygen atoms in total. The van der Waals surface area contributed by atoms with E-state index in [0.29, 0.717) is 22.0 Å². The summed E-state index contributed by atoms with van der Waals surface area (Å²) >= 11 is 6.07. The van der Waals surface area contributed by atoms with Gasteiger partial charge < -0.3 is 9.84 Å². The standard InChI is InChI=1S/C24H17ClFNO4/c1-31-19-13-15(9-12-18(19)25)22(28)20-21(14-7-10-16(26)11-8-14)27(24(30)23(20)29)17-5-3-2-4-6-17/h2-13,21,28H,1H3/b22-20-. The number of para-hydroxylation sites is 1. The van der Waals surface area contributed by atoms with Crippen LogP contribution in [0.3, 0.4) is 0 Å². The topological polar surface area (TPSA) is 66.8 Å². The lowest BCUT2D eigenvalue weighted by molar-refractivity contribution is -0.132. The van der Waals surface area contributed by atoms with Crippen molar-refractivity contribution < 1.29 is 23.8 Å². The molecule has 1 amide bonds. The summed E-state index contributed by atoms with van der Waals surface area (Å²) in [4.78, 5) is 27.3. The number of carbonyl (C=O) groups is 2. The molecule has 0 radical (unpaired) electrons. The van der Waals surface area contributed by atoms with Gasteiger partial charge in [0.1, 0.15) is 17.3 Å². The van der Waals surface area contributed by atoms with Crippen LogP contribution < -0.4 is 9.64 Å². The zero-order valence-electron chi connectivity index (χ0n) is 16.4. The lowest BCUT2D eigenvalue weighted by Gasteiger charge is -2.25. The van der Waals surface area contributed by atoms with Crippen molar-refractivity contribution in [3.8, 4) is 5.75 Å². The molecular weight excluding hydrogens is 421 g/mol. The Labute approximate surface area is 182 Å². The summed E-state index contributed by atoms with van der Waals surface area (Å²) in [5.74, 6) is -2.15. The molecule has 4 rings (SSSR count). The van der Waals surface area contributed by atoms with E-state index in [1.54, 1.807) is 30.3 Å². The summed E-state index contributed by atoms with van der Waals surface area (Å²) in [5.41, 5.74) is 1.11. The second-order valence-corrected chi connectivity index (χ2v) is 7.31. The molecule has 3 aromatic carbocycles. The number of benzene rings is 3. The van der Waals surface area contributed by atoms with Crippen molar-refractivity contribution >= 4 is 34.7 Å². The molecule has 31 heavy (non-hydrogen) atoms. The fourth-order valence-electron chi connectivity index (χ4n) is 3.61. The molecule has 1 fully saturated rings. The Kier molecular flexibility index (Phi) is 5.48. The van der Waals surface area contributed by atoms with Crippen molar-refractivity contribution in [1.82, 2.24) is 0 Å². The summed E-state index contributed by atoms with van der Waals surface area (Å²) in [6.45, 7) is 0. The molecule has 1 saturated heterocycles. The van der Waals surface area contributed by atoms with E-state index in [1.807, 2.05) is 0 Å². The van der Waals surface area contributed by atoms with Crippen LogP contribution in [0.25, 0.3) is 5.76 Å². The molecule has 1 atom stereocenters. The number of nitrogens with zero attached hydrogens (tertiary/aromatic N) is 1. The van der Waals surface area contributed by atoms with Crippen LogP contribution in [0.2, 0.25) is 5.02 Å². The van der Waals surface area contributed by atoms with Crippen molar-refractivity contribution in [2.24, 2.45) is 0 Å². The molecule has 0 bridgehead atoms. The van der Waals surface area contributed by atoms with E-state index in [9.17, 15) is 19.1 Å². The zero-order chi connectivity index (χ0) is 22.1. The van der Waals surface area contributed by atoms with Gasteiger partial charge in [0.15, 0.2) is 0 Å². The first-order chi connectivity index (χ1) is 14.9. The third-order valence-electron chi connectivity index (χ3n) is 5.09. The number of aliphatic hydroxyl groups excluding tert-OH is 1. The second-order valence-electron chi connectivity index (χ2n) is 6.91. The van der Waals surface area contributed by atoms with Crippen molar-refractivity contribution in [1.29, 1.82) is 0 Å². The number of hydrogen-bond acceptors (Lipinski definition) is 4. The summed E-state index contributed by atoms with van der Waals surface area (Å²) in [5, 5.41) is 11.4. The molecule has 1 aliphatic rings. The Hall–Kier alpha value is -3.64. The van der Waals surface area contributed by atoms with Gasteiger partial charge in [-0.2, -0.15) is 0 Å². The van der Waals surface area contributed by atoms with Crippen molar-refractivity contribution in [2.75, 3.05) is 12.0 Å². The third kappa shape index (κ3) is 3.66. The number of methoxy groups -OCH3 is 1. The summed E-state index contributed by atoms with van der Waals surface area (Å²) in [6, 6.07) is 17.7. The molecule has 0 aromatic heterocycles. The van der Waals surface area contributed by atoms with Gasteiger partial charge in [0.05, 0.1) is 23.7 Å². The van der Waals surface area contributed by atoms with Crippen LogP contribution in [0.1, 0.15) is 17.2 Å². The Morgan fingerprint density at radius 2 is 1.71 bits per heavy atom. The van der Waals surface area contributed by atoms with Crippen LogP contribution in [0, 0.1) is 5.82 Å². The van der Waals surface area contributed by atoms with Gasteiger partial charge in [-0.05, 0) is 48.0 Å². The fourth-order valence-corrected chi connectivity index (χ4v) is 3.81. The van der Waals surface area contributed by atoms with Gasteiger partial charge in [-0.3, -0.25) is 14.5 Å². The van der Waals surface area contributed by atoms with E-state index in [1.165, 1.54) is 54.5 Å². The van der Waals surface area contributed by atoms with Gasteiger partial charge >= 0.3 is 0 Å². The van der Waals surface area contributed by atoms with Gasteiger partial charge in [-0.1, -0.05) is 41.9 Å².